The van der Waals surface area contributed by atoms with Crippen LogP contribution in [0.2, 0.25) is 0 Å². The number of anilines is 2. The molecule has 0 unspecified atom stereocenters. The number of aryl methyl sites for hydroxylation is 1. The molecule has 1 heterocycles. The van der Waals surface area contributed by atoms with Crippen molar-refractivity contribution in [3.63, 3.8) is 0 Å². The van der Waals surface area contributed by atoms with Crippen LogP contribution in [-0.4, -0.2) is 11.2 Å². The number of rotatable bonds is 3. The fourth-order valence-electron chi connectivity index (χ4n) is 1.34. The molecule has 2 amide bonds. The van der Waals surface area contributed by atoms with Gasteiger partial charge in [0, 0.05) is 18.2 Å². The maximum atomic E-state index is 11.6. The first-order valence-electron chi connectivity index (χ1n) is 5.36. The van der Waals surface area contributed by atoms with Crippen LogP contribution in [-0.2, 0) is 6.42 Å². The molecule has 0 spiro atoms. The van der Waals surface area contributed by atoms with E-state index in [-0.39, 0.29) is 6.03 Å². The van der Waals surface area contributed by atoms with Gasteiger partial charge in [0.1, 0.15) is 5.76 Å². The first kappa shape index (κ1) is 11.2. The third kappa shape index (κ3) is 3.07. The molecule has 0 radical (unpaired) electrons. The predicted octanol–water partition coefficient (Wildman–Crippen LogP) is 2.88. The minimum atomic E-state index is -0.341. The SMILES string of the molecule is CCc1cc(NC(=O)Nc2ccccc2)no1. The summed E-state index contributed by atoms with van der Waals surface area (Å²) in [6.45, 7) is 1.95. The van der Waals surface area contributed by atoms with Crippen LogP contribution in [0, 0.1) is 0 Å². The lowest BCUT2D eigenvalue weighted by Crippen LogP contribution is -2.19. The van der Waals surface area contributed by atoms with E-state index in [2.05, 4.69) is 15.8 Å². The van der Waals surface area contributed by atoms with Gasteiger partial charge < -0.3 is 9.84 Å². The van der Waals surface area contributed by atoms with E-state index in [1.165, 1.54) is 0 Å². The zero-order valence-electron chi connectivity index (χ0n) is 9.43. The number of amides is 2. The molecule has 88 valence electrons. The average molecular weight is 231 g/mol. The van der Waals surface area contributed by atoms with Crippen LogP contribution in [0.3, 0.4) is 0 Å². The molecule has 5 heteroatoms. The molecule has 0 fully saturated rings. The maximum Gasteiger partial charge on any atom is 0.324 e. The molecule has 17 heavy (non-hydrogen) atoms. The zero-order valence-corrected chi connectivity index (χ0v) is 9.43. The second-order valence-electron chi connectivity index (χ2n) is 3.48. The van der Waals surface area contributed by atoms with Gasteiger partial charge in [-0.1, -0.05) is 30.3 Å². The highest BCUT2D eigenvalue weighted by Crippen LogP contribution is 2.10. The minimum absolute atomic E-state index is 0.341. The third-order valence-electron chi connectivity index (χ3n) is 2.18. The molecule has 2 aromatic rings. The highest BCUT2D eigenvalue weighted by molar-refractivity contribution is 5.99. The van der Waals surface area contributed by atoms with Crippen molar-refractivity contribution in [3.05, 3.63) is 42.2 Å². The second kappa shape index (κ2) is 5.16. The molecule has 0 aliphatic heterocycles. The number of hydrogen-bond acceptors (Lipinski definition) is 3. The smallest absolute Gasteiger partial charge is 0.324 e. The lowest BCUT2D eigenvalue weighted by atomic mass is 10.3. The lowest BCUT2D eigenvalue weighted by Gasteiger charge is -2.03. The average Bonchev–Trinajstić information content (AvgIpc) is 2.78. The molecule has 0 saturated heterocycles. The van der Waals surface area contributed by atoms with Crippen LogP contribution in [0.1, 0.15) is 12.7 Å². The Morgan fingerprint density at radius 1 is 1.29 bits per heavy atom. The van der Waals surface area contributed by atoms with Crippen molar-refractivity contribution < 1.29 is 9.32 Å². The molecule has 2 rings (SSSR count). The van der Waals surface area contributed by atoms with E-state index in [1.54, 1.807) is 18.2 Å². The largest absolute Gasteiger partial charge is 0.359 e. The number of nitrogens with one attached hydrogen (secondary N) is 2. The molecular weight excluding hydrogens is 218 g/mol. The number of aromatic nitrogens is 1. The number of nitrogens with zero attached hydrogens (tertiary/aromatic N) is 1. The van der Waals surface area contributed by atoms with Crippen LogP contribution < -0.4 is 10.6 Å². The van der Waals surface area contributed by atoms with Crippen LogP contribution in [0.15, 0.2) is 40.9 Å². The summed E-state index contributed by atoms with van der Waals surface area (Å²) in [6, 6.07) is 10.5. The molecule has 0 atom stereocenters. The summed E-state index contributed by atoms with van der Waals surface area (Å²) in [6.07, 6.45) is 0.745. The number of benzene rings is 1. The Kier molecular flexibility index (Phi) is 3.40. The Hall–Kier alpha value is -2.30. The number of para-hydroxylation sites is 1. The Morgan fingerprint density at radius 2 is 2.06 bits per heavy atom. The van der Waals surface area contributed by atoms with Gasteiger partial charge in [-0.2, -0.15) is 0 Å². The van der Waals surface area contributed by atoms with E-state index in [1.807, 2.05) is 25.1 Å². The van der Waals surface area contributed by atoms with Crippen molar-refractivity contribution in [2.75, 3.05) is 10.6 Å². The molecular formula is C12H13N3O2. The zero-order chi connectivity index (χ0) is 12.1. The Bertz CT molecular complexity index is 493. The summed E-state index contributed by atoms with van der Waals surface area (Å²) in [5.74, 6) is 1.15. The van der Waals surface area contributed by atoms with Gasteiger partial charge in [0.2, 0.25) is 0 Å². The van der Waals surface area contributed by atoms with Gasteiger partial charge in [0.25, 0.3) is 0 Å². The Morgan fingerprint density at radius 3 is 2.71 bits per heavy atom. The lowest BCUT2D eigenvalue weighted by molar-refractivity contribution is 0.262. The molecule has 0 aliphatic carbocycles. The monoisotopic (exact) mass is 231 g/mol. The summed E-state index contributed by atoms with van der Waals surface area (Å²) < 4.78 is 4.97. The van der Waals surface area contributed by atoms with Crippen LogP contribution in [0.5, 0.6) is 0 Å². The van der Waals surface area contributed by atoms with E-state index in [0.717, 1.165) is 17.9 Å². The van der Waals surface area contributed by atoms with E-state index in [4.69, 9.17) is 4.52 Å². The molecule has 5 nitrogen and oxygen atoms in total. The quantitative estimate of drug-likeness (QED) is 0.853. The van der Waals surface area contributed by atoms with Gasteiger partial charge >= 0.3 is 6.03 Å². The van der Waals surface area contributed by atoms with Gasteiger partial charge in [-0.25, -0.2) is 4.79 Å². The summed E-state index contributed by atoms with van der Waals surface area (Å²) in [5, 5.41) is 9.00. The van der Waals surface area contributed by atoms with Crippen molar-refractivity contribution in [2.45, 2.75) is 13.3 Å². The molecule has 0 saturated carbocycles. The standard InChI is InChI=1S/C12H13N3O2/c1-2-10-8-11(15-17-10)14-12(16)13-9-6-4-3-5-7-9/h3-8H,2H2,1H3,(H2,13,14,15,16). The fourth-order valence-corrected chi connectivity index (χ4v) is 1.34. The Balaban J connectivity index is 1.93. The van der Waals surface area contributed by atoms with Crippen LogP contribution in [0.25, 0.3) is 0 Å². The number of carbonyl (C=O) groups is 1. The van der Waals surface area contributed by atoms with Crippen molar-refractivity contribution in [1.29, 1.82) is 0 Å². The molecule has 0 bridgehead atoms. The fraction of sp³-hybridized carbons (Fsp3) is 0.167. The van der Waals surface area contributed by atoms with E-state index in [9.17, 15) is 4.79 Å². The van der Waals surface area contributed by atoms with Gasteiger partial charge in [-0.3, -0.25) is 5.32 Å². The Labute approximate surface area is 98.8 Å². The topological polar surface area (TPSA) is 67.2 Å². The number of hydrogen-bond donors (Lipinski definition) is 2. The predicted molar refractivity (Wildman–Crippen MR) is 65.0 cm³/mol. The minimum Gasteiger partial charge on any atom is -0.359 e. The van der Waals surface area contributed by atoms with Gasteiger partial charge in [-0.15, -0.1) is 0 Å². The number of carbonyl (C=O) groups excluding carboxylic acids is 1. The van der Waals surface area contributed by atoms with Gasteiger partial charge in [0.15, 0.2) is 5.82 Å². The summed E-state index contributed by atoms with van der Waals surface area (Å²) >= 11 is 0. The van der Waals surface area contributed by atoms with Crippen molar-refractivity contribution >= 4 is 17.5 Å². The van der Waals surface area contributed by atoms with Crippen LogP contribution >= 0.6 is 0 Å². The molecule has 1 aromatic carbocycles. The normalized spacial score (nSPS) is 9.94. The first-order chi connectivity index (χ1) is 8.28. The van der Waals surface area contributed by atoms with E-state index in [0.29, 0.717) is 5.82 Å². The molecule has 0 aliphatic rings. The highest BCUT2D eigenvalue weighted by Gasteiger charge is 2.06. The number of urea groups is 1. The molecule has 1 aromatic heterocycles. The maximum absolute atomic E-state index is 11.6. The van der Waals surface area contributed by atoms with Gasteiger partial charge in [-0.05, 0) is 12.1 Å². The van der Waals surface area contributed by atoms with Gasteiger partial charge in [0.05, 0.1) is 0 Å². The second-order valence-corrected chi connectivity index (χ2v) is 3.48. The highest BCUT2D eigenvalue weighted by atomic mass is 16.5. The van der Waals surface area contributed by atoms with Crippen molar-refractivity contribution in [1.82, 2.24) is 5.16 Å². The third-order valence-corrected chi connectivity index (χ3v) is 2.18. The summed E-state index contributed by atoms with van der Waals surface area (Å²) in [5.41, 5.74) is 0.726. The van der Waals surface area contributed by atoms with E-state index >= 15 is 0 Å². The van der Waals surface area contributed by atoms with Crippen LogP contribution in [0.4, 0.5) is 16.3 Å². The van der Waals surface area contributed by atoms with Crippen molar-refractivity contribution in [3.8, 4) is 0 Å². The summed E-state index contributed by atoms with van der Waals surface area (Å²) in [4.78, 5) is 11.6. The van der Waals surface area contributed by atoms with Crippen molar-refractivity contribution in [2.24, 2.45) is 0 Å². The first-order valence-corrected chi connectivity index (χ1v) is 5.36. The van der Waals surface area contributed by atoms with E-state index < -0.39 is 0 Å². The molecule has 2 N–H and O–H groups in total. The summed E-state index contributed by atoms with van der Waals surface area (Å²) in [7, 11) is 0.